The average Bonchev–Trinajstić information content (AvgIpc) is 2.98. The van der Waals surface area contributed by atoms with Crippen LogP contribution in [0.2, 0.25) is 0 Å². The van der Waals surface area contributed by atoms with E-state index in [1.807, 2.05) is 27.7 Å². The van der Waals surface area contributed by atoms with Crippen molar-refractivity contribution in [3.05, 3.63) is 24.5 Å². The van der Waals surface area contributed by atoms with E-state index >= 15 is 0 Å². The molecule has 21 heavy (non-hydrogen) atoms. The van der Waals surface area contributed by atoms with Gasteiger partial charge in [0.05, 0.1) is 6.54 Å². The number of anilines is 1. The second-order valence-electron chi connectivity index (χ2n) is 5.94. The third kappa shape index (κ3) is 4.30. The molecule has 0 bridgehead atoms. The van der Waals surface area contributed by atoms with Gasteiger partial charge in [0.2, 0.25) is 0 Å². The van der Waals surface area contributed by atoms with Gasteiger partial charge in [0.25, 0.3) is 0 Å². The van der Waals surface area contributed by atoms with E-state index in [1.165, 1.54) is 6.33 Å². The summed E-state index contributed by atoms with van der Waals surface area (Å²) in [5.74, 6) is 1.11. The van der Waals surface area contributed by atoms with E-state index in [-0.39, 0.29) is 17.5 Å². The molecule has 0 saturated heterocycles. The minimum Gasteiger partial charge on any atom is -0.359 e. The first-order valence-corrected chi connectivity index (χ1v) is 6.72. The maximum Gasteiger partial charge on any atom is 0.320 e. The summed E-state index contributed by atoms with van der Waals surface area (Å²) in [6, 6.07) is 1.29. The molecule has 0 aromatic carbocycles. The maximum atomic E-state index is 11.9. The largest absolute Gasteiger partial charge is 0.359 e. The summed E-state index contributed by atoms with van der Waals surface area (Å²) >= 11 is 0. The normalized spacial score (nSPS) is 13.0. The van der Waals surface area contributed by atoms with E-state index in [4.69, 9.17) is 4.52 Å². The van der Waals surface area contributed by atoms with E-state index in [0.29, 0.717) is 18.1 Å². The van der Waals surface area contributed by atoms with Crippen LogP contribution in [0.4, 0.5) is 10.6 Å². The minimum atomic E-state index is -0.337. The summed E-state index contributed by atoms with van der Waals surface area (Å²) in [6.45, 7) is 8.46. The molecule has 2 heterocycles. The molecule has 0 saturated carbocycles. The molecular formula is C13H20N6O2. The zero-order valence-corrected chi connectivity index (χ0v) is 12.6. The number of nitrogens with one attached hydrogen (secondary N) is 2. The van der Waals surface area contributed by atoms with Crippen molar-refractivity contribution >= 4 is 11.8 Å². The van der Waals surface area contributed by atoms with Crippen molar-refractivity contribution < 1.29 is 9.32 Å². The van der Waals surface area contributed by atoms with Crippen LogP contribution in [0.3, 0.4) is 0 Å². The van der Waals surface area contributed by atoms with Crippen molar-refractivity contribution in [3.63, 3.8) is 0 Å². The van der Waals surface area contributed by atoms with Crippen LogP contribution in [-0.4, -0.2) is 32.0 Å². The lowest BCUT2D eigenvalue weighted by atomic mass is 9.93. The van der Waals surface area contributed by atoms with Crippen LogP contribution < -0.4 is 10.6 Å². The molecule has 2 aromatic rings. The van der Waals surface area contributed by atoms with Crippen LogP contribution in [0.1, 0.15) is 33.5 Å². The number of amides is 2. The van der Waals surface area contributed by atoms with Crippen LogP contribution in [0.25, 0.3) is 0 Å². The van der Waals surface area contributed by atoms with Gasteiger partial charge in [-0.3, -0.25) is 10.00 Å². The Kier molecular flexibility index (Phi) is 4.25. The van der Waals surface area contributed by atoms with Gasteiger partial charge in [0.15, 0.2) is 5.82 Å². The Hall–Kier alpha value is -2.38. The van der Waals surface area contributed by atoms with Crippen LogP contribution in [-0.2, 0) is 12.0 Å². The molecule has 0 unspecified atom stereocenters. The SMILES string of the molecule is C[C@@H](Cn1cncn1)NC(=O)Nc1cc(C(C)(C)C)on1. The smallest absolute Gasteiger partial charge is 0.320 e. The summed E-state index contributed by atoms with van der Waals surface area (Å²) in [4.78, 5) is 15.7. The number of nitrogens with zero attached hydrogens (tertiary/aromatic N) is 4. The van der Waals surface area contributed by atoms with Crippen molar-refractivity contribution in [3.8, 4) is 0 Å². The molecule has 114 valence electrons. The first-order valence-electron chi connectivity index (χ1n) is 6.72. The molecule has 2 amide bonds. The van der Waals surface area contributed by atoms with Crippen LogP contribution in [0.15, 0.2) is 23.2 Å². The molecule has 2 rings (SSSR count). The Morgan fingerprint density at radius 2 is 2.24 bits per heavy atom. The third-order valence-electron chi connectivity index (χ3n) is 2.80. The first kappa shape index (κ1) is 15.0. The van der Waals surface area contributed by atoms with Gasteiger partial charge < -0.3 is 9.84 Å². The predicted octanol–water partition coefficient (Wildman–Crippen LogP) is 1.77. The monoisotopic (exact) mass is 292 g/mol. The van der Waals surface area contributed by atoms with Crippen molar-refractivity contribution in [1.29, 1.82) is 0 Å². The number of hydrogen-bond donors (Lipinski definition) is 2. The molecule has 8 nitrogen and oxygen atoms in total. The quantitative estimate of drug-likeness (QED) is 0.895. The Labute approximate surface area is 122 Å². The number of urea groups is 1. The van der Waals surface area contributed by atoms with E-state index < -0.39 is 0 Å². The van der Waals surface area contributed by atoms with Crippen molar-refractivity contribution in [2.75, 3.05) is 5.32 Å². The van der Waals surface area contributed by atoms with Gasteiger partial charge in [-0.2, -0.15) is 5.10 Å². The molecule has 0 radical (unpaired) electrons. The molecular weight excluding hydrogens is 272 g/mol. The lowest BCUT2D eigenvalue weighted by Gasteiger charge is -2.13. The summed E-state index contributed by atoms with van der Waals surface area (Å²) in [5.41, 5.74) is -0.149. The summed E-state index contributed by atoms with van der Waals surface area (Å²) in [6.07, 6.45) is 3.06. The van der Waals surface area contributed by atoms with Gasteiger partial charge in [0, 0.05) is 17.5 Å². The highest BCUT2D eigenvalue weighted by molar-refractivity contribution is 5.88. The highest BCUT2D eigenvalue weighted by Crippen LogP contribution is 2.24. The van der Waals surface area contributed by atoms with Crippen LogP contribution in [0, 0.1) is 0 Å². The van der Waals surface area contributed by atoms with E-state index in [0.717, 1.165) is 0 Å². The molecule has 2 N–H and O–H groups in total. The molecule has 0 spiro atoms. The summed E-state index contributed by atoms with van der Waals surface area (Å²) < 4.78 is 6.86. The highest BCUT2D eigenvalue weighted by atomic mass is 16.5. The molecule has 0 aliphatic rings. The number of carbonyl (C=O) groups excluding carboxylic acids is 1. The van der Waals surface area contributed by atoms with Gasteiger partial charge in [-0.05, 0) is 6.92 Å². The molecule has 0 fully saturated rings. The first-order chi connectivity index (χ1) is 9.84. The highest BCUT2D eigenvalue weighted by Gasteiger charge is 2.20. The minimum absolute atomic E-state index is 0.0966. The van der Waals surface area contributed by atoms with E-state index in [9.17, 15) is 4.79 Å². The van der Waals surface area contributed by atoms with E-state index in [2.05, 4.69) is 25.9 Å². The van der Waals surface area contributed by atoms with Crippen molar-refractivity contribution in [2.45, 2.75) is 45.7 Å². The number of hydrogen-bond acceptors (Lipinski definition) is 5. The molecule has 0 aliphatic carbocycles. The van der Waals surface area contributed by atoms with Gasteiger partial charge in [0.1, 0.15) is 18.4 Å². The van der Waals surface area contributed by atoms with Crippen LogP contribution >= 0.6 is 0 Å². The van der Waals surface area contributed by atoms with Gasteiger partial charge in [-0.1, -0.05) is 25.9 Å². The molecule has 2 aromatic heterocycles. The van der Waals surface area contributed by atoms with Crippen LogP contribution in [0.5, 0.6) is 0 Å². The lowest BCUT2D eigenvalue weighted by Crippen LogP contribution is -2.38. The lowest BCUT2D eigenvalue weighted by molar-refractivity contribution is 0.247. The number of rotatable bonds is 4. The third-order valence-corrected chi connectivity index (χ3v) is 2.80. The van der Waals surface area contributed by atoms with Gasteiger partial charge >= 0.3 is 6.03 Å². The summed E-state index contributed by atoms with van der Waals surface area (Å²) in [7, 11) is 0. The molecule has 0 aliphatic heterocycles. The Balaban J connectivity index is 1.85. The predicted molar refractivity (Wildman–Crippen MR) is 76.8 cm³/mol. The average molecular weight is 292 g/mol. The van der Waals surface area contributed by atoms with Gasteiger partial charge in [-0.25, -0.2) is 9.78 Å². The topological polar surface area (TPSA) is 97.9 Å². The standard InChI is InChI=1S/C13H20N6O2/c1-9(6-19-8-14-7-15-19)16-12(20)17-11-5-10(21-18-11)13(2,3)4/h5,7-9H,6H2,1-4H3,(H2,16,17,18,20)/t9-/m0/s1. The Morgan fingerprint density at radius 1 is 1.48 bits per heavy atom. The van der Waals surface area contributed by atoms with Crippen molar-refractivity contribution in [1.82, 2.24) is 25.2 Å². The zero-order valence-electron chi connectivity index (χ0n) is 12.6. The fourth-order valence-corrected chi connectivity index (χ4v) is 1.72. The molecule has 1 atom stereocenters. The molecule has 8 heteroatoms. The second-order valence-corrected chi connectivity index (χ2v) is 5.94. The Bertz CT molecular complexity index is 584. The number of carbonyl (C=O) groups is 1. The zero-order chi connectivity index (χ0) is 15.5. The fraction of sp³-hybridized carbons (Fsp3) is 0.538. The second kappa shape index (κ2) is 5.94. The van der Waals surface area contributed by atoms with Crippen molar-refractivity contribution in [2.24, 2.45) is 0 Å². The maximum absolute atomic E-state index is 11.9. The van der Waals surface area contributed by atoms with Gasteiger partial charge in [-0.15, -0.1) is 0 Å². The van der Waals surface area contributed by atoms with E-state index in [1.54, 1.807) is 17.1 Å². The summed E-state index contributed by atoms with van der Waals surface area (Å²) in [5, 5.41) is 13.3. The Morgan fingerprint density at radius 3 is 2.81 bits per heavy atom. The number of aromatic nitrogens is 4. The fourth-order valence-electron chi connectivity index (χ4n) is 1.72.